The molecule has 0 aromatic heterocycles. The fraction of sp³-hybridized carbons (Fsp3) is 0.357. The van der Waals surface area contributed by atoms with Gasteiger partial charge in [-0.25, -0.2) is 4.79 Å². The molecule has 1 aromatic carbocycles. The topological polar surface area (TPSA) is 66.5 Å². The van der Waals surface area contributed by atoms with Gasteiger partial charge in [0.15, 0.2) is 5.78 Å². The number of ketones is 1. The molecule has 5 nitrogen and oxygen atoms in total. The molecule has 0 spiro atoms. The zero-order valence-corrected chi connectivity index (χ0v) is 12.9. The summed E-state index contributed by atoms with van der Waals surface area (Å²) in [6, 6.07) is 6.35. The fourth-order valence-electron chi connectivity index (χ4n) is 2.03. The molecule has 0 radical (unpaired) electrons. The normalized spacial score (nSPS) is 22.1. The highest BCUT2D eigenvalue weighted by Gasteiger charge is 2.46. The summed E-state index contributed by atoms with van der Waals surface area (Å²) in [5, 5.41) is 2.62. The number of urea groups is 1. The maximum absolute atomic E-state index is 12.2. The maximum Gasteiger partial charge on any atom is 0.325 e. The summed E-state index contributed by atoms with van der Waals surface area (Å²) in [4.78, 5) is 37.1. The lowest BCUT2D eigenvalue weighted by Crippen LogP contribution is -2.43. The van der Waals surface area contributed by atoms with Crippen LogP contribution in [0.5, 0.6) is 0 Å². The van der Waals surface area contributed by atoms with Crippen molar-refractivity contribution in [3.8, 4) is 0 Å². The van der Waals surface area contributed by atoms with Crippen molar-refractivity contribution in [2.45, 2.75) is 25.8 Å². The first-order chi connectivity index (χ1) is 9.37. The van der Waals surface area contributed by atoms with Crippen molar-refractivity contribution in [1.82, 2.24) is 10.2 Å². The van der Waals surface area contributed by atoms with Crippen LogP contribution in [-0.2, 0) is 4.79 Å². The van der Waals surface area contributed by atoms with Crippen molar-refractivity contribution < 1.29 is 14.4 Å². The number of hydrogen-bond donors (Lipinski definition) is 1. The molecule has 1 aromatic rings. The molecule has 20 heavy (non-hydrogen) atoms. The predicted octanol–water partition coefficient (Wildman–Crippen LogP) is 2.35. The van der Waals surface area contributed by atoms with Crippen molar-refractivity contribution in [1.29, 1.82) is 0 Å². The van der Waals surface area contributed by atoms with Crippen LogP contribution in [0.4, 0.5) is 4.79 Å². The van der Waals surface area contributed by atoms with E-state index in [1.165, 1.54) is 0 Å². The highest BCUT2D eigenvalue weighted by molar-refractivity contribution is 9.10. The number of Topliss-reactive ketones (excluding diaryl/α,β-unsaturated/α-hetero) is 1. The Labute approximate surface area is 125 Å². The summed E-state index contributed by atoms with van der Waals surface area (Å²) in [6.07, 6.45) is 0.485. The molecule has 1 aliphatic heterocycles. The van der Waals surface area contributed by atoms with E-state index in [2.05, 4.69) is 21.2 Å². The highest BCUT2D eigenvalue weighted by Crippen LogP contribution is 2.21. The Morgan fingerprint density at radius 3 is 2.65 bits per heavy atom. The van der Waals surface area contributed by atoms with Crippen LogP contribution < -0.4 is 5.32 Å². The molecule has 1 N–H and O–H groups in total. The van der Waals surface area contributed by atoms with Gasteiger partial charge in [0.2, 0.25) is 0 Å². The lowest BCUT2D eigenvalue weighted by Gasteiger charge is -2.18. The van der Waals surface area contributed by atoms with Crippen molar-refractivity contribution in [2.75, 3.05) is 6.54 Å². The van der Waals surface area contributed by atoms with Crippen LogP contribution in [0.1, 0.15) is 30.6 Å². The van der Waals surface area contributed by atoms with Crippen molar-refractivity contribution in [3.63, 3.8) is 0 Å². The van der Waals surface area contributed by atoms with E-state index in [4.69, 9.17) is 0 Å². The standard InChI is InChI=1S/C14H15BrN2O3/c1-3-14(2)12(19)17(13(20)16-14)8-11(18)9-5-4-6-10(15)7-9/h4-7H,3,8H2,1-2H3,(H,16,20). The molecule has 0 aliphatic carbocycles. The number of halogens is 1. The highest BCUT2D eigenvalue weighted by atomic mass is 79.9. The van der Waals surface area contributed by atoms with Crippen LogP contribution in [-0.4, -0.2) is 34.7 Å². The fourth-order valence-corrected chi connectivity index (χ4v) is 2.43. The Balaban J connectivity index is 2.16. The molecule has 1 atom stereocenters. The largest absolute Gasteiger partial charge is 0.325 e. The third kappa shape index (κ3) is 2.60. The van der Waals surface area contributed by atoms with Gasteiger partial charge in [0.1, 0.15) is 5.54 Å². The van der Waals surface area contributed by atoms with E-state index in [0.29, 0.717) is 12.0 Å². The SMILES string of the molecule is CCC1(C)NC(=O)N(CC(=O)c2cccc(Br)c2)C1=O. The minimum Gasteiger partial charge on any atom is -0.323 e. The molecule has 106 valence electrons. The van der Waals surface area contributed by atoms with Crippen LogP contribution in [0.25, 0.3) is 0 Å². The van der Waals surface area contributed by atoms with E-state index in [1.807, 2.05) is 6.92 Å². The lowest BCUT2D eigenvalue weighted by molar-refractivity contribution is -0.130. The second-order valence-corrected chi connectivity index (χ2v) is 5.86. The van der Waals surface area contributed by atoms with E-state index in [9.17, 15) is 14.4 Å². The Kier molecular flexibility index (Phi) is 3.94. The van der Waals surface area contributed by atoms with Gasteiger partial charge in [0.25, 0.3) is 5.91 Å². The predicted molar refractivity (Wildman–Crippen MR) is 77.4 cm³/mol. The van der Waals surface area contributed by atoms with Gasteiger partial charge in [-0.3, -0.25) is 14.5 Å². The minimum atomic E-state index is -0.908. The van der Waals surface area contributed by atoms with Crippen LogP contribution in [0.15, 0.2) is 28.7 Å². The van der Waals surface area contributed by atoms with Gasteiger partial charge in [-0.15, -0.1) is 0 Å². The third-order valence-electron chi connectivity index (χ3n) is 3.50. The summed E-state index contributed by atoms with van der Waals surface area (Å²) in [7, 11) is 0. The molecule has 3 amide bonds. The Hall–Kier alpha value is -1.69. The number of nitrogens with zero attached hydrogens (tertiary/aromatic N) is 1. The lowest BCUT2D eigenvalue weighted by atomic mass is 9.99. The van der Waals surface area contributed by atoms with E-state index < -0.39 is 11.6 Å². The minimum absolute atomic E-state index is 0.239. The monoisotopic (exact) mass is 338 g/mol. The Morgan fingerprint density at radius 2 is 2.10 bits per heavy atom. The van der Waals surface area contributed by atoms with E-state index in [1.54, 1.807) is 31.2 Å². The van der Waals surface area contributed by atoms with E-state index in [0.717, 1.165) is 9.37 Å². The number of hydrogen-bond acceptors (Lipinski definition) is 3. The molecule has 2 rings (SSSR count). The van der Waals surface area contributed by atoms with Gasteiger partial charge < -0.3 is 5.32 Å². The van der Waals surface area contributed by atoms with Gasteiger partial charge in [-0.2, -0.15) is 0 Å². The van der Waals surface area contributed by atoms with Crippen LogP contribution >= 0.6 is 15.9 Å². The molecule has 1 fully saturated rings. The number of rotatable bonds is 4. The maximum atomic E-state index is 12.2. The molecule has 1 heterocycles. The summed E-state index contributed by atoms with van der Waals surface area (Å²) in [5.41, 5.74) is -0.445. The van der Waals surface area contributed by atoms with Gasteiger partial charge in [-0.05, 0) is 25.5 Å². The molecule has 6 heteroatoms. The van der Waals surface area contributed by atoms with Crippen molar-refractivity contribution >= 4 is 33.7 Å². The molecular weight excluding hydrogens is 324 g/mol. The van der Waals surface area contributed by atoms with Crippen LogP contribution in [0.3, 0.4) is 0 Å². The summed E-state index contributed by atoms with van der Waals surface area (Å²) in [6.45, 7) is 3.24. The Bertz CT molecular complexity index is 588. The first kappa shape index (κ1) is 14.7. The molecule has 0 bridgehead atoms. The van der Waals surface area contributed by atoms with Crippen molar-refractivity contribution in [3.05, 3.63) is 34.3 Å². The number of amides is 3. The molecule has 1 unspecified atom stereocenters. The molecule has 0 saturated carbocycles. The third-order valence-corrected chi connectivity index (χ3v) is 3.99. The first-order valence-electron chi connectivity index (χ1n) is 6.30. The van der Waals surface area contributed by atoms with Gasteiger partial charge in [0, 0.05) is 10.0 Å². The Morgan fingerprint density at radius 1 is 1.40 bits per heavy atom. The van der Waals surface area contributed by atoms with E-state index >= 15 is 0 Å². The number of benzene rings is 1. The van der Waals surface area contributed by atoms with Gasteiger partial charge >= 0.3 is 6.03 Å². The first-order valence-corrected chi connectivity index (χ1v) is 7.09. The number of imide groups is 1. The second-order valence-electron chi connectivity index (χ2n) is 4.94. The smallest absolute Gasteiger partial charge is 0.323 e. The van der Waals surface area contributed by atoms with E-state index in [-0.39, 0.29) is 18.2 Å². The average Bonchev–Trinajstić information content (AvgIpc) is 2.63. The van der Waals surface area contributed by atoms with Gasteiger partial charge in [-0.1, -0.05) is 35.0 Å². The average molecular weight is 339 g/mol. The molecular formula is C14H15BrN2O3. The molecule has 1 aliphatic rings. The number of carbonyl (C=O) groups is 3. The molecule has 1 saturated heterocycles. The number of nitrogens with one attached hydrogen (secondary N) is 1. The second kappa shape index (κ2) is 5.36. The zero-order chi connectivity index (χ0) is 14.9. The van der Waals surface area contributed by atoms with Crippen LogP contribution in [0, 0.1) is 0 Å². The summed E-state index contributed by atoms with van der Waals surface area (Å²) < 4.78 is 0.777. The number of carbonyl (C=O) groups excluding carboxylic acids is 3. The quantitative estimate of drug-likeness (QED) is 0.676. The summed E-state index contributed by atoms with van der Waals surface area (Å²) in [5.74, 6) is -0.622. The zero-order valence-electron chi connectivity index (χ0n) is 11.3. The van der Waals surface area contributed by atoms with Gasteiger partial charge in [0.05, 0.1) is 6.54 Å². The van der Waals surface area contributed by atoms with Crippen molar-refractivity contribution in [2.24, 2.45) is 0 Å². The van der Waals surface area contributed by atoms with Crippen LogP contribution in [0.2, 0.25) is 0 Å². The summed E-state index contributed by atoms with van der Waals surface area (Å²) >= 11 is 3.28.